The number of hydrogen-bond acceptors (Lipinski definition) is 1. The quantitative estimate of drug-likeness (QED) is 0.791. The van der Waals surface area contributed by atoms with Crippen molar-refractivity contribution in [1.82, 2.24) is 4.57 Å². The summed E-state index contributed by atoms with van der Waals surface area (Å²) in [6, 6.07) is 2.04. The van der Waals surface area contributed by atoms with Crippen molar-refractivity contribution in [2.45, 2.75) is 26.3 Å². The maximum atomic E-state index is 5.98. The summed E-state index contributed by atoms with van der Waals surface area (Å²) < 4.78 is 4.05. The second kappa shape index (κ2) is 3.74. The molecule has 0 aliphatic rings. The van der Waals surface area contributed by atoms with Crippen LogP contribution in [-0.2, 0) is 5.54 Å². The van der Waals surface area contributed by atoms with Crippen molar-refractivity contribution < 1.29 is 0 Å². The molecule has 1 aromatic heterocycles. The first-order valence-corrected chi connectivity index (χ1v) is 5.45. The second-order valence-electron chi connectivity index (χ2n) is 3.99. The van der Waals surface area contributed by atoms with Crippen LogP contribution in [0.5, 0.6) is 0 Å². The third-order valence-corrected chi connectivity index (χ3v) is 2.28. The van der Waals surface area contributed by atoms with E-state index in [0.717, 1.165) is 11.4 Å². The highest BCUT2D eigenvalue weighted by Crippen LogP contribution is 2.24. The molecular weight excluding hydrogens is 275 g/mol. The number of anilines is 1. The van der Waals surface area contributed by atoms with Gasteiger partial charge in [0.25, 0.3) is 0 Å². The average Bonchev–Trinajstić information content (AvgIpc) is 2.32. The minimum absolute atomic E-state index is 0.0570. The summed E-state index contributed by atoms with van der Waals surface area (Å²) in [7, 11) is 0. The van der Waals surface area contributed by atoms with Crippen LogP contribution >= 0.6 is 22.6 Å². The molecule has 13 heavy (non-hydrogen) atoms. The molecule has 0 saturated heterocycles. The summed E-state index contributed by atoms with van der Waals surface area (Å²) >= 11 is 2.19. The molecule has 0 aliphatic carbocycles. The number of nitrogen functional groups attached to an aromatic ring is 1. The Morgan fingerprint density at radius 3 is 2.46 bits per heavy atom. The molecule has 0 aliphatic heterocycles. The molecule has 0 bridgehead atoms. The van der Waals surface area contributed by atoms with Gasteiger partial charge in [0.1, 0.15) is 5.82 Å². The number of rotatable bonds is 1. The summed E-state index contributed by atoms with van der Waals surface area (Å²) in [6.07, 6.45) is 4.04. The normalized spacial score (nSPS) is 12.6. The van der Waals surface area contributed by atoms with Gasteiger partial charge in [0.15, 0.2) is 0 Å². The van der Waals surface area contributed by atoms with Crippen LogP contribution in [0.2, 0.25) is 0 Å². The van der Waals surface area contributed by atoms with Crippen molar-refractivity contribution in [1.29, 1.82) is 0 Å². The largest absolute Gasteiger partial charge is 0.385 e. The Kier molecular flexibility index (Phi) is 3.05. The van der Waals surface area contributed by atoms with Gasteiger partial charge in [0.2, 0.25) is 0 Å². The Morgan fingerprint density at radius 1 is 1.46 bits per heavy atom. The van der Waals surface area contributed by atoms with E-state index in [9.17, 15) is 0 Å². The van der Waals surface area contributed by atoms with Gasteiger partial charge in [0.05, 0.1) is 0 Å². The monoisotopic (exact) mass is 290 g/mol. The average molecular weight is 290 g/mol. The highest BCUT2D eigenvalue weighted by atomic mass is 127. The lowest BCUT2D eigenvalue weighted by Crippen LogP contribution is -2.22. The first-order valence-electron chi connectivity index (χ1n) is 4.21. The molecule has 0 amide bonds. The topological polar surface area (TPSA) is 30.9 Å². The number of nitrogens with two attached hydrogens (primary N) is 1. The first kappa shape index (κ1) is 10.6. The molecular formula is C10H15IN2. The molecule has 0 saturated carbocycles. The predicted molar refractivity (Wildman–Crippen MR) is 66.9 cm³/mol. The first-order chi connectivity index (χ1) is 5.96. The fourth-order valence-corrected chi connectivity index (χ4v) is 1.64. The van der Waals surface area contributed by atoms with Crippen LogP contribution in [0.3, 0.4) is 0 Å². The van der Waals surface area contributed by atoms with Crippen LogP contribution in [0, 0.1) is 0 Å². The second-order valence-corrected chi connectivity index (χ2v) is 4.71. The molecule has 1 rings (SSSR count). The smallest absolute Gasteiger partial charge is 0.111 e. The van der Waals surface area contributed by atoms with E-state index in [-0.39, 0.29) is 5.54 Å². The number of hydrogen-bond donors (Lipinski definition) is 1. The van der Waals surface area contributed by atoms with Crippen LogP contribution in [0.1, 0.15) is 26.3 Å². The Balaban J connectivity index is 3.14. The van der Waals surface area contributed by atoms with E-state index in [1.807, 2.05) is 22.4 Å². The fourth-order valence-electron chi connectivity index (χ4n) is 1.25. The lowest BCUT2D eigenvalue weighted by Gasteiger charge is -2.23. The van der Waals surface area contributed by atoms with E-state index in [1.165, 1.54) is 0 Å². The Labute approximate surface area is 93.0 Å². The van der Waals surface area contributed by atoms with Crippen molar-refractivity contribution in [2.24, 2.45) is 0 Å². The molecule has 0 fully saturated rings. The summed E-state index contributed by atoms with van der Waals surface area (Å²) in [5, 5.41) is 0. The molecule has 0 aromatic carbocycles. The van der Waals surface area contributed by atoms with E-state index < -0.39 is 0 Å². The van der Waals surface area contributed by atoms with Crippen molar-refractivity contribution >= 4 is 34.5 Å². The summed E-state index contributed by atoms with van der Waals surface area (Å²) in [5.74, 6) is 0.834. The van der Waals surface area contributed by atoms with Crippen molar-refractivity contribution in [3.8, 4) is 0 Å². The van der Waals surface area contributed by atoms with E-state index in [4.69, 9.17) is 5.73 Å². The third-order valence-electron chi connectivity index (χ3n) is 1.92. The van der Waals surface area contributed by atoms with Crippen molar-refractivity contribution in [2.75, 3.05) is 5.73 Å². The third kappa shape index (κ3) is 2.27. The highest BCUT2D eigenvalue weighted by molar-refractivity contribution is 14.1. The standard InChI is InChI=1S/C10H15IN2/c1-10(2,3)13-7-5-8(4-6-11)9(13)12/h4-7H,12H2,1-3H3/b6-4-. The van der Waals surface area contributed by atoms with Crippen molar-refractivity contribution in [3.63, 3.8) is 0 Å². The number of nitrogens with zero attached hydrogens (tertiary/aromatic N) is 1. The van der Waals surface area contributed by atoms with E-state index in [0.29, 0.717) is 0 Å². The van der Waals surface area contributed by atoms with Crippen molar-refractivity contribution in [3.05, 3.63) is 21.9 Å². The Bertz CT molecular complexity index is 318. The molecule has 0 atom stereocenters. The van der Waals surface area contributed by atoms with Gasteiger partial charge in [-0.15, -0.1) is 0 Å². The maximum absolute atomic E-state index is 5.98. The lowest BCUT2D eigenvalue weighted by molar-refractivity contribution is 0.404. The van der Waals surface area contributed by atoms with E-state index >= 15 is 0 Å². The van der Waals surface area contributed by atoms with Crippen LogP contribution in [0.15, 0.2) is 16.3 Å². The minimum atomic E-state index is 0.0570. The lowest BCUT2D eigenvalue weighted by atomic mass is 10.1. The molecule has 72 valence electrons. The van der Waals surface area contributed by atoms with Gasteiger partial charge in [-0.3, -0.25) is 0 Å². The van der Waals surface area contributed by atoms with Crippen LogP contribution in [0.25, 0.3) is 6.08 Å². The van der Waals surface area contributed by atoms with Crippen LogP contribution in [-0.4, -0.2) is 4.57 Å². The molecule has 0 spiro atoms. The molecule has 3 heteroatoms. The van der Waals surface area contributed by atoms with E-state index in [2.05, 4.69) is 47.9 Å². The van der Waals surface area contributed by atoms with E-state index in [1.54, 1.807) is 0 Å². The number of aromatic nitrogens is 1. The molecule has 2 nitrogen and oxygen atoms in total. The van der Waals surface area contributed by atoms with Gasteiger partial charge in [0, 0.05) is 17.3 Å². The SMILES string of the molecule is CC(C)(C)n1ccc(/C=C\I)c1N. The Morgan fingerprint density at radius 2 is 2.08 bits per heavy atom. The predicted octanol–water partition coefficient (Wildman–Crippen LogP) is 3.23. The molecule has 2 N–H and O–H groups in total. The zero-order valence-corrected chi connectivity index (χ0v) is 10.4. The zero-order chi connectivity index (χ0) is 10.1. The fraction of sp³-hybridized carbons (Fsp3) is 0.400. The Hall–Kier alpha value is -0.450. The number of halogens is 1. The zero-order valence-electron chi connectivity index (χ0n) is 8.21. The maximum Gasteiger partial charge on any atom is 0.111 e. The van der Waals surface area contributed by atoms with Crippen LogP contribution in [0.4, 0.5) is 5.82 Å². The molecule has 0 unspecified atom stereocenters. The van der Waals surface area contributed by atoms with Crippen LogP contribution < -0.4 is 5.73 Å². The van der Waals surface area contributed by atoms with Gasteiger partial charge < -0.3 is 10.3 Å². The summed E-state index contributed by atoms with van der Waals surface area (Å²) in [5.41, 5.74) is 7.13. The molecule has 1 aromatic rings. The van der Waals surface area contributed by atoms with Gasteiger partial charge in [-0.05, 0) is 37.0 Å². The van der Waals surface area contributed by atoms with Gasteiger partial charge in [-0.1, -0.05) is 22.6 Å². The van der Waals surface area contributed by atoms with Gasteiger partial charge >= 0.3 is 0 Å². The highest BCUT2D eigenvalue weighted by Gasteiger charge is 2.15. The minimum Gasteiger partial charge on any atom is -0.385 e. The molecule has 1 heterocycles. The summed E-state index contributed by atoms with van der Waals surface area (Å²) in [6.45, 7) is 6.42. The summed E-state index contributed by atoms with van der Waals surface area (Å²) in [4.78, 5) is 0. The van der Waals surface area contributed by atoms with Gasteiger partial charge in [-0.2, -0.15) is 0 Å². The van der Waals surface area contributed by atoms with Gasteiger partial charge in [-0.25, -0.2) is 0 Å². The molecule has 0 radical (unpaired) electrons.